The van der Waals surface area contributed by atoms with Crippen LogP contribution < -0.4 is 4.72 Å². The van der Waals surface area contributed by atoms with Gasteiger partial charge in [-0.05, 0) is 12.8 Å². The van der Waals surface area contributed by atoms with Crippen molar-refractivity contribution in [2.24, 2.45) is 0 Å². The van der Waals surface area contributed by atoms with Gasteiger partial charge in [-0.3, -0.25) is 5.10 Å². The molecule has 1 aromatic rings. The van der Waals surface area contributed by atoms with Gasteiger partial charge in [0, 0.05) is 25.8 Å². The third-order valence-electron chi connectivity index (χ3n) is 2.18. The van der Waals surface area contributed by atoms with E-state index in [-0.39, 0.29) is 17.2 Å². The molecule has 8 heteroatoms. The van der Waals surface area contributed by atoms with Crippen LogP contribution in [0.15, 0.2) is 11.2 Å². The van der Waals surface area contributed by atoms with Crippen molar-refractivity contribution in [3.05, 3.63) is 11.8 Å². The fourth-order valence-electron chi connectivity index (χ4n) is 1.29. The normalized spacial score (nSPS) is 11.9. The minimum atomic E-state index is -3.62. The molecule has 0 aliphatic heterocycles. The molecular weight excluding hydrogens is 246 g/mol. The quantitative estimate of drug-likeness (QED) is 0.554. The number of nitrogens with zero attached hydrogens (tertiary/aromatic N) is 1. The zero-order valence-electron chi connectivity index (χ0n) is 9.64. The summed E-state index contributed by atoms with van der Waals surface area (Å²) in [6, 6.07) is 0. The van der Waals surface area contributed by atoms with E-state index in [0.717, 1.165) is 6.42 Å². The largest absolute Gasteiger partial charge is 0.392 e. The first-order valence-electron chi connectivity index (χ1n) is 5.23. The SMILES string of the molecule is COCCCCNS(=O)(=O)c1[nH]ncc1CO. The van der Waals surface area contributed by atoms with Crippen molar-refractivity contribution < 1.29 is 18.3 Å². The first-order chi connectivity index (χ1) is 8.11. The van der Waals surface area contributed by atoms with Crippen LogP contribution in [-0.2, 0) is 21.4 Å². The lowest BCUT2D eigenvalue weighted by Gasteiger charge is -2.05. The lowest BCUT2D eigenvalue weighted by Crippen LogP contribution is -2.26. The number of sulfonamides is 1. The molecule has 0 radical (unpaired) electrons. The van der Waals surface area contributed by atoms with E-state index in [2.05, 4.69) is 14.9 Å². The van der Waals surface area contributed by atoms with Crippen molar-refractivity contribution in [3.63, 3.8) is 0 Å². The van der Waals surface area contributed by atoms with Gasteiger partial charge in [0.15, 0.2) is 5.03 Å². The zero-order chi connectivity index (χ0) is 12.7. The molecule has 0 aromatic carbocycles. The summed E-state index contributed by atoms with van der Waals surface area (Å²) >= 11 is 0. The first kappa shape index (κ1) is 14.1. The predicted octanol–water partition coefficient (Wildman–Crippen LogP) is -0.393. The number of ether oxygens (including phenoxy) is 1. The molecule has 0 bridgehead atoms. The van der Waals surface area contributed by atoms with Crippen molar-refractivity contribution in [2.45, 2.75) is 24.5 Å². The first-order valence-corrected chi connectivity index (χ1v) is 6.72. The summed E-state index contributed by atoms with van der Waals surface area (Å²) in [5, 5.41) is 14.8. The highest BCUT2D eigenvalue weighted by Crippen LogP contribution is 2.11. The maximum Gasteiger partial charge on any atom is 0.257 e. The maximum absolute atomic E-state index is 11.8. The summed E-state index contributed by atoms with van der Waals surface area (Å²) in [5.74, 6) is 0. The summed E-state index contributed by atoms with van der Waals surface area (Å²) in [6.45, 7) is 0.569. The molecule has 1 heterocycles. The monoisotopic (exact) mass is 263 g/mol. The summed E-state index contributed by atoms with van der Waals surface area (Å²) < 4.78 is 30.8. The van der Waals surface area contributed by atoms with Crippen molar-refractivity contribution >= 4 is 10.0 Å². The molecule has 98 valence electrons. The van der Waals surface area contributed by atoms with E-state index in [1.54, 1.807) is 7.11 Å². The Morgan fingerprint density at radius 1 is 1.53 bits per heavy atom. The fourth-order valence-corrected chi connectivity index (χ4v) is 2.49. The Labute approximate surface area is 100 Å². The van der Waals surface area contributed by atoms with Gasteiger partial charge in [-0.25, -0.2) is 13.1 Å². The maximum atomic E-state index is 11.8. The number of hydrogen-bond donors (Lipinski definition) is 3. The van der Waals surface area contributed by atoms with Crippen LogP contribution >= 0.6 is 0 Å². The van der Waals surface area contributed by atoms with Crippen molar-refractivity contribution in [1.29, 1.82) is 0 Å². The van der Waals surface area contributed by atoms with Gasteiger partial charge < -0.3 is 9.84 Å². The number of aromatic amines is 1. The molecule has 0 aliphatic rings. The van der Waals surface area contributed by atoms with Gasteiger partial charge in [0.25, 0.3) is 10.0 Å². The average Bonchev–Trinajstić information content (AvgIpc) is 2.77. The summed E-state index contributed by atoms with van der Waals surface area (Å²) in [6.07, 6.45) is 2.77. The van der Waals surface area contributed by atoms with Gasteiger partial charge in [0.2, 0.25) is 0 Å². The minimum Gasteiger partial charge on any atom is -0.392 e. The predicted molar refractivity (Wildman–Crippen MR) is 60.8 cm³/mol. The van der Waals surface area contributed by atoms with Gasteiger partial charge in [-0.1, -0.05) is 0 Å². The molecule has 1 aromatic heterocycles. The molecule has 0 fully saturated rings. The number of hydrogen-bond acceptors (Lipinski definition) is 5. The molecule has 0 unspecified atom stereocenters. The lowest BCUT2D eigenvalue weighted by molar-refractivity contribution is 0.193. The van der Waals surface area contributed by atoms with Crippen LogP contribution in [0.5, 0.6) is 0 Å². The Balaban J connectivity index is 2.51. The van der Waals surface area contributed by atoms with E-state index < -0.39 is 10.0 Å². The second-order valence-electron chi connectivity index (χ2n) is 3.48. The lowest BCUT2D eigenvalue weighted by atomic mass is 10.3. The molecule has 1 rings (SSSR count). The van der Waals surface area contributed by atoms with Crippen LogP contribution in [0.4, 0.5) is 0 Å². The van der Waals surface area contributed by atoms with Crippen molar-refractivity contribution in [1.82, 2.24) is 14.9 Å². The fraction of sp³-hybridized carbons (Fsp3) is 0.667. The van der Waals surface area contributed by atoms with Crippen LogP contribution in [0.25, 0.3) is 0 Å². The number of aliphatic hydroxyl groups excluding tert-OH is 1. The molecule has 0 spiro atoms. The number of methoxy groups -OCH3 is 1. The van der Waals surface area contributed by atoms with E-state index in [0.29, 0.717) is 19.6 Å². The highest BCUT2D eigenvalue weighted by Gasteiger charge is 2.19. The Kier molecular flexibility index (Phi) is 5.56. The highest BCUT2D eigenvalue weighted by molar-refractivity contribution is 7.89. The second-order valence-corrected chi connectivity index (χ2v) is 5.18. The van der Waals surface area contributed by atoms with Crippen molar-refractivity contribution in [3.8, 4) is 0 Å². The van der Waals surface area contributed by atoms with E-state index in [4.69, 9.17) is 9.84 Å². The van der Waals surface area contributed by atoms with Gasteiger partial charge >= 0.3 is 0 Å². The molecule has 7 nitrogen and oxygen atoms in total. The van der Waals surface area contributed by atoms with Crippen LogP contribution in [0.3, 0.4) is 0 Å². The van der Waals surface area contributed by atoms with Crippen molar-refractivity contribution in [2.75, 3.05) is 20.3 Å². The van der Waals surface area contributed by atoms with Crippen LogP contribution in [-0.4, -0.2) is 44.0 Å². The summed E-state index contributed by atoms with van der Waals surface area (Å²) in [7, 11) is -2.02. The Morgan fingerprint density at radius 3 is 2.94 bits per heavy atom. The second kappa shape index (κ2) is 6.70. The number of nitrogens with one attached hydrogen (secondary N) is 2. The van der Waals surface area contributed by atoms with Gasteiger partial charge in [0.1, 0.15) is 0 Å². The van der Waals surface area contributed by atoms with E-state index in [9.17, 15) is 8.42 Å². The molecule has 0 atom stereocenters. The smallest absolute Gasteiger partial charge is 0.257 e. The third-order valence-corrected chi connectivity index (χ3v) is 3.66. The molecule has 0 aliphatic carbocycles. The Hall–Kier alpha value is -0.960. The molecule has 3 N–H and O–H groups in total. The number of aromatic nitrogens is 2. The van der Waals surface area contributed by atoms with E-state index in [1.165, 1.54) is 6.20 Å². The van der Waals surface area contributed by atoms with Gasteiger partial charge in [-0.2, -0.15) is 5.10 Å². The van der Waals surface area contributed by atoms with Crippen LogP contribution in [0.1, 0.15) is 18.4 Å². The molecular formula is C9H17N3O4S. The molecule has 17 heavy (non-hydrogen) atoms. The number of aliphatic hydroxyl groups is 1. The number of H-pyrrole nitrogens is 1. The standard InChI is InChI=1S/C9H17N3O4S/c1-16-5-3-2-4-11-17(14,15)9-8(7-13)6-10-12-9/h6,11,13H,2-5,7H2,1H3,(H,10,12). The third kappa shape index (κ3) is 4.08. The zero-order valence-corrected chi connectivity index (χ0v) is 10.5. The summed E-state index contributed by atoms with van der Waals surface area (Å²) in [5.41, 5.74) is 0.259. The van der Waals surface area contributed by atoms with Gasteiger partial charge in [-0.15, -0.1) is 0 Å². The minimum absolute atomic E-state index is 0.0771. The topological polar surface area (TPSA) is 104 Å². The molecule has 0 saturated heterocycles. The average molecular weight is 263 g/mol. The van der Waals surface area contributed by atoms with Gasteiger partial charge in [0.05, 0.1) is 12.8 Å². The highest BCUT2D eigenvalue weighted by atomic mass is 32.2. The Bertz CT molecular complexity index is 429. The molecule has 0 saturated carbocycles. The summed E-state index contributed by atoms with van der Waals surface area (Å²) in [4.78, 5) is 0. The van der Waals surface area contributed by atoms with Crippen LogP contribution in [0.2, 0.25) is 0 Å². The number of unbranched alkanes of at least 4 members (excludes halogenated alkanes) is 1. The Morgan fingerprint density at radius 2 is 2.29 bits per heavy atom. The van der Waals surface area contributed by atoms with Crippen LogP contribution in [0, 0.1) is 0 Å². The van der Waals surface area contributed by atoms with E-state index >= 15 is 0 Å². The van der Waals surface area contributed by atoms with E-state index in [1.807, 2.05) is 0 Å². The number of rotatable bonds is 8. The molecule has 0 amide bonds.